The van der Waals surface area contributed by atoms with Gasteiger partial charge in [-0.1, -0.05) is 30.3 Å². The lowest BCUT2D eigenvalue weighted by molar-refractivity contribution is 0.261. The second-order valence-corrected chi connectivity index (χ2v) is 9.80. The molecule has 0 bridgehead atoms. The number of aromatic nitrogens is 3. The van der Waals surface area contributed by atoms with Crippen LogP contribution in [0, 0.1) is 5.82 Å². The van der Waals surface area contributed by atoms with Crippen LogP contribution < -0.4 is 4.74 Å². The van der Waals surface area contributed by atoms with Gasteiger partial charge in [0, 0.05) is 52.1 Å². The smallest absolute Gasteiger partial charge is 0.138 e. The number of nitrogens with zero attached hydrogens (tertiary/aromatic N) is 4. The molecule has 0 radical (unpaired) electrons. The summed E-state index contributed by atoms with van der Waals surface area (Å²) in [6.45, 7) is 3.46. The molecule has 1 aliphatic heterocycles. The number of rotatable bonds is 7. The molecule has 38 heavy (non-hydrogen) atoms. The van der Waals surface area contributed by atoms with Crippen LogP contribution in [0.5, 0.6) is 5.75 Å². The maximum absolute atomic E-state index is 14.6. The Balaban J connectivity index is 1.37. The molecule has 1 N–H and O–H groups in total. The van der Waals surface area contributed by atoms with E-state index >= 15 is 0 Å². The zero-order chi connectivity index (χ0) is 26.2. The van der Waals surface area contributed by atoms with Gasteiger partial charge in [-0.3, -0.25) is 15.0 Å². The van der Waals surface area contributed by atoms with Gasteiger partial charge in [0.25, 0.3) is 0 Å². The maximum Gasteiger partial charge on any atom is 0.138 e. The van der Waals surface area contributed by atoms with Crippen LogP contribution >= 0.6 is 0 Å². The van der Waals surface area contributed by atoms with Crippen LogP contribution in [0.3, 0.4) is 0 Å². The molecule has 1 aliphatic rings. The lowest BCUT2D eigenvalue weighted by Crippen LogP contribution is -2.19. The standard InChI is InChI=1S/C31H28FN5O/c1-19-30-26(14-21(17-34-30)20-13-22(18-33-16-20)38-12-11-37(2)3)31(35-19)29-15-25-23(8-6-10-28(25)36-29)24-7-4-5-9-27(24)32/h4-10,13-19,36H,11-12H2,1-3H3/t19-/m0/s1. The Bertz CT molecular complexity index is 1670. The van der Waals surface area contributed by atoms with Crippen molar-refractivity contribution in [3.8, 4) is 28.0 Å². The molecule has 0 spiro atoms. The minimum absolute atomic E-state index is 0.0645. The fourth-order valence-electron chi connectivity index (χ4n) is 4.89. The quantitative estimate of drug-likeness (QED) is 0.283. The third-order valence-corrected chi connectivity index (χ3v) is 6.83. The summed E-state index contributed by atoms with van der Waals surface area (Å²) in [5.41, 5.74) is 7.88. The highest BCUT2D eigenvalue weighted by Crippen LogP contribution is 2.36. The average molecular weight is 506 g/mol. The number of benzene rings is 2. The Hall–Kier alpha value is -4.36. The summed E-state index contributed by atoms with van der Waals surface area (Å²) >= 11 is 0. The molecule has 0 saturated carbocycles. The first kappa shape index (κ1) is 24.0. The van der Waals surface area contributed by atoms with E-state index in [4.69, 9.17) is 14.7 Å². The molecule has 0 unspecified atom stereocenters. The third kappa shape index (κ3) is 4.46. The fourth-order valence-corrected chi connectivity index (χ4v) is 4.89. The third-order valence-electron chi connectivity index (χ3n) is 6.83. The molecular weight excluding hydrogens is 477 g/mol. The van der Waals surface area contributed by atoms with Crippen molar-refractivity contribution in [3.63, 3.8) is 0 Å². The van der Waals surface area contributed by atoms with Crippen LogP contribution in [0.15, 0.2) is 84.2 Å². The molecule has 2 aromatic carbocycles. The van der Waals surface area contributed by atoms with Crippen LogP contribution in [-0.2, 0) is 0 Å². The van der Waals surface area contributed by atoms with E-state index in [0.717, 1.165) is 62.6 Å². The zero-order valence-electron chi connectivity index (χ0n) is 21.6. The van der Waals surface area contributed by atoms with Crippen LogP contribution in [-0.4, -0.2) is 52.8 Å². The van der Waals surface area contributed by atoms with Crippen molar-refractivity contribution in [1.29, 1.82) is 0 Å². The summed E-state index contributed by atoms with van der Waals surface area (Å²) in [5.74, 6) is 0.485. The highest BCUT2D eigenvalue weighted by molar-refractivity contribution is 6.17. The number of ether oxygens (including phenoxy) is 1. The number of nitrogens with one attached hydrogen (secondary N) is 1. The molecule has 7 heteroatoms. The van der Waals surface area contributed by atoms with Gasteiger partial charge >= 0.3 is 0 Å². The summed E-state index contributed by atoms with van der Waals surface area (Å²) in [6, 6.07) is 18.9. The van der Waals surface area contributed by atoms with Gasteiger partial charge in [0.05, 0.1) is 29.3 Å². The first-order chi connectivity index (χ1) is 18.5. The van der Waals surface area contributed by atoms with Crippen LogP contribution in [0.1, 0.15) is 29.9 Å². The largest absolute Gasteiger partial charge is 0.491 e. The molecule has 0 amide bonds. The summed E-state index contributed by atoms with van der Waals surface area (Å²) < 4.78 is 20.5. The van der Waals surface area contributed by atoms with Gasteiger partial charge in [-0.05, 0) is 56.9 Å². The predicted octanol–water partition coefficient (Wildman–Crippen LogP) is 6.28. The lowest BCUT2D eigenvalue weighted by Gasteiger charge is -2.12. The van der Waals surface area contributed by atoms with Gasteiger partial charge in [-0.2, -0.15) is 0 Å². The summed E-state index contributed by atoms with van der Waals surface area (Å²) in [5, 5.41) is 0.951. The molecule has 6 rings (SSSR count). The second-order valence-electron chi connectivity index (χ2n) is 9.80. The highest BCUT2D eigenvalue weighted by atomic mass is 19.1. The van der Waals surface area contributed by atoms with E-state index in [2.05, 4.69) is 27.0 Å². The SMILES string of the molecule is C[C@@H]1N=C(c2cc3c(-c4ccccc4F)cccc3[nH]2)c2cc(-c3cncc(OCCN(C)C)c3)cnc21. The Kier molecular flexibility index (Phi) is 6.21. The van der Waals surface area contributed by atoms with Crippen molar-refractivity contribution < 1.29 is 9.13 Å². The van der Waals surface area contributed by atoms with E-state index in [1.165, 1.54) is 6.07 Å². The van der Waals surface area contributed by atoms with Gasteiger partial charge < -0.3 is 14.6 Å². The van der Waals surface area contributed by atoms with Crippen molar-refractivity contribution in [1.82, 2.24) is 19.9 Å². The molecule has 4 heterocycles. The van der Waals surface area contributed by atoms with Crippen LogP contribution in [0.2, 0.25) is 0 Å². The molecule has 1 atom stereocenters. The van der Waals surface area contributed by atoms with E-state index in [-0.39, 0.29) is 11.9 Å². The predicted molar refractivity (Wildman–Crippen MR) is 149 cm³/mol. The van der Waals surface area contributed by atoms with E-state index in [0.29, 0.717) is 12.2 Å². The molecule has 6 nitrogen and oxygen atoms in total. The molecule has 0 aliphatic carbocycles. The van der Waals surface area contributed by atoms with E-state index in [9.17, 15) is 4.39 Å². The van der Waals surface area contributed by atoms with E-state index in [1.54, 1.807) is 12.3 Å². The second kappa shape index (κ2) is 9.84. The molecule has 0 fully saturated rings. The molecule has 190 valence electrons. The van der Waals surface area contributed by atoms with Gasteiger partial charge in [0.2, 0.25) is 0 Å². The first-order valence-electron chi connectivity index (χ1n) is 12.7. The normalized spacial score (nSPS) is 14.7. The van der Waals surface area contributed by atoms with Gasteiger partial charge in [-0.25, -0.2) is 4.39 Å². The highest BCUT2D eigenvalue weighted by Gasteiger charge is 2.26. The van der Waals surface area contributed by atoms with Gasteiger partial charge in [0.15, 0.2) is 0 Å². The van der Waals surface area contributed by atoms with Gasteiger partial charge in [-0.15, -0.1) is 0 Å². The summed E-state index contributed by atoms with van der Waals surface area (Å²) in [7, 11) is 4.03. The fraction of sp³-hybridized carbons (Fsp3) is 0.194. The molecular formula is C31H28FN5O. The molecule has 5 aromatic rings. The number of fused-ring (bicyclic) bond motifs is 2. The van der Waals surface area contributed by atoms with E-state index < -0.39 is 0 Å². The van der Waals surface area contributed by atoms with Crippen molar-refractivity contribution in [3.05, 3.63) is 102 Å². The lowest BCUT2D eigenvalue weighted by atomic mass is 9.99. The van der Waals surface area contributed by atoms with Gasteiger partial charge in [0.1, 0.15) is 18.2 Å². The summed E-state index contributed by atoms with van der Waals surface area (Å²) in [4.78, 5) is 19.7. The number of hydrogen-bond donors (Lipinski definition) is 1. The monoisotopic (exact) mass is 505 g/mol. The number of hydrogen-bond acceptors (Lipinski definition) is 5. The molecule has 0 saturated heterocycles. The Morgan fingerprint density at radius 2 is 1.74 bits per heavy atom. The number of halogens is 1. The Labute approximate surface area is 220 Å². The molecule has 3 aromatic heterocycles. The number of H-pyrrole nitrogens is 1. The number of aliphatic imine (C=N–C) groups is 1. The van der Waals surface area contributed by atoms with Crippen LogP contribution in [0.4, 0.5) is 4.39 Å². The minimum atomic E-state index is -0.240. The van der Waals surface area contributed by atoms with Crippen LogP contribution in [0.25, 0.3) is 33.2 Å². The number of pyridine rings is 2. The van der Waals surface area contributed by atoms with Crippen molar-refractivity contribution in [2.45, 2.75) is 13.0 Å². The maximum atomic E-state index is 14.6. The Morgan fingerprint density at radius 3 is 2.58 bits per heavy atom. The first-order valence-corrected chi connectivity index (χ1v) is 12.7. The minimum Gasteiger partial charge on any atom is -0.491 e. The number of likely N-dealkylation sites (N-methyl/N-ethyl adjacent to an activating group) is 1. The zero-order valence-corrected chi connectivity index (χ0v) is 21.6. The number of aromatic amines is 1. The van der Waals surface area contributed by atoms with Crippen molar-refractivity contribution in [2.75, 3.05) is 27.2 Å². The average Bonchev–Trinajstić information content (AvgIpc) is 3.50. The van der Waals surface area contributed by atoms with Crippen molar-refractivity contribution in [2.24, 2.45) is 4.99 Å². The van der Waals surface area contributed by atoms with E-state index in [1.807, 2.05) is 69.8 Å². The topological polar surface area (TPSA) is 66.4 Å². The van der Waals surface area contributed by atoms with Crippen molar-refractivity contribution >= 4 is 16.6 Å². The Morgan fingerprint density at radius 1 is 0.921 bits per heavy atom. The summed E-state index contributed by atoms with van der Waals surface area (Å²) in [6.07, 6.45) is 5.42.